The van der Waals surface area contributed by atoms with E-state index in [0.717, 1.165) is 12.1 Å². The molecule has 1 heterocycles. The molecule has 2 aromatic carbocycles. The summed E-state index contributed by atoms with van der Waals surface area (Å²) in [5.74, 6) is -0.558. The molecule has 0 spiro atoms. The molecular formula is C19H15F3O4. The second-order valence-electron chi connectivity index (χ2n) is 5.70. The van der Waals surface area contributed by atoms with Crippen LogP contribution in [0.5, 0.6) is 5.75 Å². The van der Waals surface area contributed by atoms with Gasteiger partial charge in [0.25, 0.3) is 0 Å². The first-order valence-electron chi connectivity index (χ1n) is 7.83. The molecular weight excluding hydrogens is 349 g/mol. The SMILES string of the molecule is CCOC(=O)c1c(C)oc2c(-c3cccc(C(F)(F)F)c3)cc(O)cc12. The molecule has 0 unspecified atom stereocenters. The van der Waals surface area contributed by atoms with Gasteiger partial charge in [-0.15, -0.1) is 0 Å². The maximum atomic E-state index is 13.0. The van der Waals surface area contributed by atoms with Crippen molar-refractivity contribution in [3.8, 4) is 16.9 Å². The smallest absolute Gasteiger partial charge is 0.416 e. The van der Waals surface area contributed by atoms with Gasteiger partial charge < -0.3 is 14.3 Å². The molecule has 1 aromatic heterocycles. The second kappa shape index (κ2) is 6.40. The minimum atomic E-state index is -4.50. The zero-order valence-electron chi connectivity index (χ0n) is 14.0. The van der Waals surface area contributed by atoms with E-state index in [-0.39, 0.29) is 45.8 Å². The third-order valence-corrected chi connectivity index (χ3v) is 3.93. The van der Waals surface area contributed by atoms with Gasteiger partial charge in [0.05, 0.1) is 12.2 Å². The van der Waals surface area contributed by atoms with Crippen LogP contribution in [0.15, 0.2) is 40.8 Å². The summed E-state index contributed by atoms with van der Waals surface area (Å²) in [5.41, 5.74) is 0.00340. The fraction of sp³-hybridized carbons (Fsp3) is 0.211. The topological polar surface area (TPSA) is 59.7 Å². The van der Waals surface area contributed by atoms with E-state index in [1.54, 1.807) is 13.8 Å². The maximum absolute atomic E-state index is 13.0. The lowest BCUT2D eigenvalue weighted by molar-refractivity contribution is -0.137. The summed E-state index contributed by atoms with van der Waals surface area (Å²) in [4.78, 5) is 12.2. The number of ether oxygens (including phenoxy) is 1. The van der Waals surface area contributed by atoms with Gasteiger partial charge in [0.2, 0.25) is 0 Å². The van der Waals surface area contributed by atoms with Crippen LogP contribution in [0, 0.1) is 6.92 Å². The molecule has 0 saturated carbocycles. The van der Waals surface area contributed by atoms with Gasteiger partial charge in [0, 0.05) is 10.9 Å². The van der Waals surface area contributed by atoms with Gasteiger partial charge in [-0.1, -0.05) is 12.1 Å². The number of halogens is 3. The molecule has 0 saturated heterocycles. The van der Waals surface area contributed by atoms with Crippen molar-refractivity contribution in [2.24, 2.45) is 0 Å². The van der Waals surface area contributed by atoms with Crippen LogP contribution >= 0.6 is 0 Å². The van der Waals surface area contributed by atoms with Crippen LogP contribution in [0.2, 0.25) is 0 Å². The van der Waals surface area contributed by atoms with Crippen molar-refractivity contribution in [2.45, 2.75) is 20.0 Å². The molecule has 1 N–H and O–H groups in total. The Bertz CT molecular complexity index is 986. The molecule has 0 atom stereocenters. The molecule has 0 aliphatic heterocycles. The minimum Gasteiger partial charge on any atom is -0.508 e. The molecule has 4 nitrogen and oxygen atoms in total. The minimum absolute atomic E-state index is 0.144. The number of carbonyl (C=O) groups is 1. The molecule has 3 rings (SSSR count). The van der Waals surface area contributed by atoms with E-state index in [9.17, 15) is 23.1 Å². The van der Waals surface area contributed by atoms with Crippen LogP contribution in [0.25, 0.3) is 22.1 Å². The lowest BCUT2D eigenvalue weighted by Gasteiger charge is -2.09. The zero-order chi connectivity index (χ0) is 19.1. The summed E-state index contributed by atoms with van der Waals surface area (Å²) in [6, 6.07) is 7.31. The van der Waals surface area contributed by atoms with Crippen molar-refractivity contribution >= 4 is 16.9 Å². The Balaban J connectivity index is 2.25. The van der Waals surface area contributed by atoms with E-state index < -0.39 is 17.7 Å². The molecule has 0 amide bonds. The summed E-state index contributed by atoms with van der Waals surface area (Å²) in [7, 11) is 0. The van der Waals surface area contributed by atoms with Gasteiger partial charge in [0.15, 0.2) is 0 Å². The number of aryl methyl sites for hydroxylation is 1. The van der Waals surface area contributed by atoms with Crippen molar-refractivity contribution in [3.05, 3.63) is 53.3 Å². The number of esters is 1. The van der Waals surface area contributed by atoms with Gasteiger partial charge in [-0.3, -0.25) is 0 Å². The Kier molecular flexibility index (Phi) is 4.39. The quantitative estimate of drug-likeness (QED) is 0.640. The average molecular weight is 364 g/mol. The number of fused-ring (bicyclic) bond motifs is 1. The summed E-state index contributed by atoms with van der Waals surface area (Å²) < 4.78 is 49.6. The van der Waals surface area contributed by atoms with Gasteiger partial charge in [-0.05, 0) is 43.7 Å². The number of furan rings is 1. The molecule has 0 bridgehead atoms. The Morgan fingerprint density at radius 1 is 1.23 bits per heavy atom. The maximum Gasteiger partial charge on any atom is 0.416 e. The highest BCUT2D eigenvalue weighted by molar-refractivity contribution is 6.08. The molecule has 7 heteroatoms. The van der Waals surface area contributed by atoms with E-state index in [1.165, 1.54) is 24.3 Å². The fourth-order valence-electron chi connectivity index (χ4n) is 2.84. The van der Waals surface area contributed by atoms with E-state index in [2.05, 4.69) is 0 Å². The van der Waals surface area contributed by atoms with Gasteiger partial charge >= 0.3 is 12.1 Å². The lowest BCUT2D eigenvalue weighted by Crippen LogP contribution is -2.05. The fourth-order valence-corrected chi connectivity index (χ4v) is 2.84. The van der Waals surface area contributed by atoms with Gasteiger partial charge in [-0.2, -0.15) is 13.2 Å². The Morgan fingerprint density at radius 2 is 1.96 bits per heavy atom. The average Bonchev–Trinajstić information content (AvgIpc) is 2.89. The van der Waals surface area contributed by atoms with Crippen molar-refractivity contribution in [2.75, 3.05) is 6.61 Å². The summed E-state index contributed by atoms with van der Waals surface area (Å²) in [6.45, 7) is 3.37. The van der Waals surface area contributed by atoms with Crippen LogP contribution < -0.4 is 0 Å². The molecule has 0 aliphatic rings. The van der Waals surface area contributed by atoms with Gasteiger partial charge in [-0.25, -0.2) is 4.79 Å². The molecule has 136 valence electrons. The first kappa shape index (κ1) is 17.8. The number of hydrogen-bond acceptors (Lipinski definition) is 4. The molecule has 0 fully saturated rings. The summed E-state index contributed by atoms with van der Waals surface area (Å²) in [5, 5.41) is 10.3. The van der Waals surface area contributed by atoms with Gasteiger partial charge in [0.1, 0.15) is 22.7 Å². The highest BCUT2D eigenvalue weighted by atomic mass is 19.4. The van der Waals surface area contributed by atoms with Crippen LogP contribution in [0.1, 0.15) is 28.6 Å². The third-order valence-electron chi connectivity index (χ3n) is 3.93. The van der Waals surface area contributed by atoms with Crippen molar-refractivity contribution in [1.29, 1.82) is 0 Å². The monoisotopic (exact) mass is 364 g/mol. The number of carbonyl (C=O) groups excluding carboxylic acids is 1. The number of aromatic hydroxyl groups is 1. The Hall–Kier alpha value is -2.96. The predicted molar refractivity (Wildman–Crippen MR) is 89.0 cm³/mol. The van der Waals surface area contributed by atoms with Crippen molar-refractivity contribution in [1.82, 2.24) is 0 Å². The van der Waals surface area contributed by atoms with Crippen LogP contribution in [0.3, 0.4) is 0 Å². The number of alkyl halides is 3. The number of benzene rings is 2. The highest BCUT2D eigenvalue weighted by Crippen LogP contribution is 2.39. The Morgan fingerprint density at radius 3 is 2.62 bits per heavy atom. The number of rotatable bonds is 3. The molecule has 26 heavy (non-hydrogen) atoms. The van der Waals surface area contributed by atoms with Crippen LogP contribution in [0.4, 0.5) is 13.2 Å². The van der Waals surface area contributed by atoms with E-state index in [4.69, 9.17) is 9.15 Å². The number of hydrogen-bond donors (Lipinski definition) is 1. The first-order chi connectivity index (χ1) is 12.2. The molecule has 0 aliphatic carbocycles. The normalized spacial score (nSPS) is 11.7. The largest absolute Gasteiger partial charge is 0.508 e. The van der Waals surface area contributed by atoms with Crippen LogP contribution in [-0.4, -0.2) is 17.7 Å². The number of phenolic OH excluding ortho intramolecular Hbond substituents is 1. The number of phenols is 1. The molecule has 0 radical (unpaired) electrons. The predicted octanol–water partition coefficient (Wildman–Crippen LogP) is 5.31. The van der Waals surface area contributed by atoms with Crippen molar-refractivity contribution in [3.63, 3.8) is 0 Å². The zero-order valence-corrected chi connectivity index (χ0v) is 14.0. The van der Waals surface area contributed by atoms with Crippen LogP contribution in [-0.2, 0) is 10.9 Å². The lowest BCUT2D eigenvalue weighted by atomic mass is 9.99. The second-order valence-corrected chi connectivity index (χ2v) is 5.70. The van der Waals surface area contributed by atoms with Crippen molar-refractivity contribution < 1.29 is 32.2 Å². The highest BCUT2D eigenvalue weighted by Gasteiger charge is 2.31. The van der Waals surface area contributed by atoms with E-state index >= 15 is 0 Å². The molecule has 3 aromatic rings. The Labute approximate surface area is 146 Å². The third kappa shape index (κ3) is 3.12. The van der Waals surface area contributed by atoms with E-state index in [1.807, 2.05) is 0 Å². The summed E-state index contributed by atoms with van der Waals surface area (Å²) >= 11 is 0. The standard InChI is InChI=1S/C19H15F3O4/c1-3-25-18(24)16-10(2)26-17-14(8-13(23)9-15(16)17)11-5-4-6-12(7-11)19(20,21)22/h4-9,23H,3H2,1-2H3. The first-order valence-corrected chi connectivity index (χ1v) is 7.83. The summed E-state index contributed by atoms with van der Waals surface area (Å²) in [6.07, 6.45) is -4.50. The van der Waals surface area contributed by atoms with E-state index in [0.29, 0.717) is 0 Å².